The summed E-state index contributed by atoms with van der Waals surface area (Å²) in [6.45, 7) is 1.62. The molecule has 122 valence electrons. The van der Waals surface area contributed by atoms with Crippen LogP contribution >= 0.6 is 0 Å². The van der Waals surface area contributed by atoms with Gasteiger partial charge in [-0.15, -0.1) is 0 Å². The third-order valence-corrected chi connectivity index (χ3v) is 4.23. The van der Waals surface area contributed by atoms with Gasteiger partial charge in [-0.1, -0.05) is 12.1 Å². The number of aromatic nitrogens is 1. The van der Waals surface area contributed by atoms with Gasteiger partial charge in [-0.25, -0.2) is 0 Å². The lowest BCUT2D eigenvalue weighted by molar-refractivity contribution is 0.100. The van der Waals surface area contributed by atoms with Crippen molar-refractivity contribution in [3.05, 3.63) is 53.9 Å². The molecule has 1 saturated heterocycles. The van der Waals surface area contributed by atoms with Crippen LogP contribution < -0.4 is 16.0 Å². The van der Waals surface area contributed by atoms with Crippen molar-refractivity contribution in [1.29, 1.82) is 5.26 Å². The molecule has 2 aromatic rings. The van der Waals surface area contributed by atoms with Crippen molar-refractivity contribution in [2.75, 3.05) is 23.3 Å². The van der Waals surface area contributed by atoms with Crippen LogP contribution in [0.2, 0.25) is 0 Å². The van der Waals surface area contributed by atoms with Crippen molar-refractivity contribution >= 4 is 17.3 Å². The van der Waals surface area contributed by atoms with Gasteiger partial charge in [0.15, 0.2) is 0 Å². The van der Waals surface area contributed by atoms with Crippen LogP contribution in [-0.4, -0.2) is 30.0 Å². The molecule has 1 unspecified atom stereocenters. The van der Waals surface area contributed by atoms with Crippen LogP contribution in [-0.2, 0) is 0 Å². The van der Waals surface area contributed by atoms with Crippen LogP contribution in [0.3, 0.4) is 0 Å². The SMILES string of the molecule is N#Cc1ccncc1NC1CCCN(c2ccccc2C(N)=O)C1. The summed E-state index contributed by atoms with van der Waals surface area (Å²) in [7, 11) is 0. The van der Waals surface area contributed by atoms with Gasteiger partial charge in [0.05, 0.1) is 23.0 Å². The minimum Gasteiger partial charge on any atom is -0.378 e. The molecule has 0 radical (unpaired) electrons. The topological polar surface area (TPSA) is 95.0 Å². The predicted octanol–water partition coefficient (Wildman–Crippen LogP) is 2.13. The van der Waals surface area contributed by atoms with E-state index < -0.39 is 5.91 Å². The summed E-state index contributed by atoms with van der Waals surface area (Å²) < 4.78 is 0. The number of nitrogens with two attached hydrogens (primary N) is 1. The van der Waals surface area contributed by atoms with Crippen LogP contribution in [0.5, 0.6) is 0 Å². The Balaban J connectivity index is 1.78. The van der Waals surface area contributed by atoms with E-state index in [1.807, 2.05) is 18.2 Å². The number of nitrogens with one attached hydrogen (secondary N) is 1. The van der Waals surface area contributed by atoms with Crippen LogP contribution in [0.1, 0.15) is 28.8 Å². The number of primary amides is 1. The van der Waals surface area contributed by atoms with Crippen molar-refractivity contribution in [2.45, 2.75) is 18.9 Å². The number of benzene rings is 1. The first-order valence-electron chi connectivity index (χ1n) is 7.93. The number of nitriles is 1. The lowest BCUT2D eigenvalue weighted by Crippen LogP contribution is -2.43. The molecule has 1 atom stereocenters. The summed E-state index contributed by atoms with van der Waals surface area (Å²) in [4.78, 5) is 17.9. The molecule has 3 N–H and O–H groups in total. The highest BCUT2D eigenvalue weighted by Gasteiger charge is 2.23. The van der Waals surface area contributed by atoms with Gasteiger partial charge < -0.3 is 16.0 Å². The number of pyridine rings is 1. The van der Waals surface area contributed by atoms with E-state index in [0.29, 0.717) is 11.1 Å². The van der Waals surface area contributed by atoms with E-state index in [4.69, 9.17) is 5.73 Å². The molecule has 1 amide bonds. The molecule has 1 aromatic carbocycles. The highest BCUT2D eigenvalue weighted by Crippen LogP contribution is 2.25. The lowest BCUT2D eigenvalue weighted by Gasteiger charge is -2.36. The highest BCUT2D eigenvalue weighted by atomic mass is 16.1. The van der Waals surface area contributed by atoms with E-state index in [1.165, 1.54) is 0 Å². The fourth-order valence-corrected chi connectivity index (χ4v) is 3.10. The predicted molar refractivity (Wildman–Crippen MR) is 92.8 cm³/mol. The molecule has 6 nitrogen and oxygen atoms in total. The van der Waals surface area contributed by atoms with Gasteiger partial charge in [0, 0.05) is 31.0 Å². The quantitative estimate of drug-likeness (QED) is 0.899. The Morgan fingerprint density at radius 3 is 3.00 bits per heavy atom. The molecule has 0 aliphatic carbocycles. The van der Waals surface area contributed by atoms with Crippen molar-refractivity contribution in [1.82, 2.24) is 4.98 Å². The molecule has 1 aromatic heterocycles. The molecule has 0 bridgehead atoms. The van der Waals surface area contributed by atoms with E-state index in [0.717, 1.165) is 37.3 Å². The second-order valence-electron chi connectivity index (χ2n) is 5.84. The largest absolute Gasteiger partial charge is 0.378 e. The fraction of sp³-hybridized carbons (Fsp3) is 0.278. The van der Waals surface area contributed by atoms with Gasteiger partial charge >= 0.3 is 0 Å². The van der Waals surface area contributed by atoms with E-state index in [9.17, 15) is 10.1 Å². The Morgan fingerprint density at radius 2 is 2.21 bits per heavy atom. The molecular formula is C18H19N5O. The minimum atomic E-state index is -0.417. The number of amides is 1. The summed E-state index contributed by atoms with van der Waals surface area (Å²) in [6.07, 6.45) is 5.27. The number of para-hydroxylation sites is 1. The standard InChI is InChI=1S/C18H19N5O/c19-10-13-7-8-21-11-16(13)22-14-4-3-9-23(12-14)17-6-2-1-5-15(17)18(20)24/h1-2,5-8,11,14,22H,3-4,9,12H2,(H2,20,24). The van der Waals surface area contributed by atoms with Gasteiger partial charge in [-0.05, 0) is 31.0 Å². The van der Waals surface area contributed by atoms with E-state index in [1.54, 1.807) is 24.5 Å². The monoisotopic (exact) mass is 321 g/mol. The Labute approximate surface area is 140 Å². The third-order valence-electron chi connectivity index (χ3n) is 4.23. The van der Waals surface area contributed by atoms with E-state index >= 15 is 0 Å². The summed E-state index contributed by atoms with van der Waals surface area (Å²) >= 11 is 0. The number of hydrogen-bond acceptors (Lipinski definition) is 5. The van der Waals surface area contributed by atoms with E-state index in [2.05, 4.69) is 21.3 Å². The second kappa shape index (κ2) is 7.01. The van der Waals surface area contributed by atoms with Gasteiger partial charge in [-0.2, -0.15) is 5.26 Å². The van der Waals surface area contributed by atoms with Gasteiger partial charge in [0.1, 0.15) is 6.07 Å². The zero-order chi connectivity index (χ0) is 16.9. The average Bonchev–Trinajstić information content (AvgIpc) is 2.62. The van der Waals surface area contributed by atoms with Crippen molar-refractivity contribution in [2.24, 2.45) is 5.73 Å². The maximum Gasteiger partial charge on any atom is 0.250 e. The molecule has 0 spiro atoms. The number of piperidine rings is 1. The van der Waals surface area contributed by atoms with Crippen LogP contribution in [0, 0.1) is 11.3 Å². The third kappa shape index (κ3) is 3.30. The van der Waals surface area contributed by atoms with E-state index in [-0.39, 0.29) is 6.04 Å². The average molecular weight is 321 g/mol. The second-order valence-corrected chi connectivity index (χ2v) is 5.84. The zero-order valence-electron chi connectivity index (χ0n) is 13.3. The molecule has 0 saturated carbocycles. The van der Waals surface area contributed by atoms with Crippen molar-refractivity contribution < 1.29 is 4.79 Å². The first-order chi connectivity index (χ1) is 11.7. The molecule has 2 heterocycles. The smallest absolute Gasteiger partial charge is 0.250 e. The summed E-state index contributed by atoms with van der Waals surface area (Å²) in [5.74, 6) is -0.417. The molecule has 1 aliphatic heterocycles. The summed E-state index contributed by atoms with van der Waals surface area (Å²) in [5.41, 5.74) is 8.22. The van der Waals surface area contributed by atoms with Crippen LogP contribution in [0.4, 0.5) is 11.4 Å². The Kier molecular flexibility index (Phi) is 4.62. The van der Waals surface area contributed by atoms with Gasteiger partial charge in [0.2, 0.25) is 0 Å². The van der Waals surface area contributed by atoms with Crippen molar-refractivity contribution in [3.8, 4) is 6.07 Å². The molecular weight excluding hydrogens is 302 g/mol. The van der Waals surface area contributed by atoms with Crippen molar-refractivity contribution in [3.63, 3.8) is 0 Å². The number of carbonyl (C=O) groups excluding carboxylic acids is 1. The Bertz CT molecular complexity index is 783. The first-order valence-corrected chi connectivity index (χ1v) is 7.93. The van der Waals surface area contributed by atoms with Gasteiger partial charge in [0.25, 0.3) is 5.91 Å². The number of nitrogens with zero attached hydrogens (tertiary/aromatic N) is 3. The Morgan fingerprint density at radius 1 is 1.38 bits per heavy atom. The maximum absolute atomic E-state index is 11.7. The lowest BCUT2D eigenvalue weighted by atomic mass is 10.0. The Hall–Kier alpha value is -3.07. The molecule has 1 aliphatic rings. The number of hydrogen-bond donors (Lipinski definition) is 2. The molecule has 6 heteroatoms. The summed E-state index contributed by atoms with van der Waals surface area (Å²) in [5, 5.41) is 12.6. The van der Waals surface area contributed by atoms with Gasteiger partial charge in [-0.3, -0.25) is 9.78 Å². The maximum atomic E-state index is 11.7. The number of carbonyl (C=O) groups is 1. The normalized spacial score (nSPS) is 17.1. The van der Waals surface area contributed by atoms with Crippen LogP contribution in [0.25, 0.3) is 0 Å². The number of rotatable bonds is 4. The first kappa shape index (κ1) is 15.8. The summed E-state index contributed by atoms with van der Waals surface area (Å²) in [6, 6.07) is 11.5. The molecule has 3 rings (SSSR count). The zero-order valence-corrected chi connectivity index (χ0v) is 13.3. The fourth-order valence-electron chi connectivity index (χ4n) is 3.10. The minimum absolute atomic E-state index is 0.177. The number of anilines is 2. The highest BCUT2D eigenvalue weighted by molar-refractivity contribution is 5.98. The molecule has 24 heavy (non-hydrogen) atoms. The molecule has 1 fully saturated rings. The van der Waals surface area contributed by atoms with Crippen LogP contribution in [0.15, 0.2) is 42.7 Å².